The van der Waals surface area contributed by atoms with E-state index in [4.69, 9.17) is 4.74 Å². The van der Waals surface area contributed by atoms with Crippen LogP contribution < -0.4 is 0 Å². The summed E-state index contributed by atoms with van der Waals surface area (Å²) in [7, 11) is 0. The highest BCUT2D eigenvalue weighted by atomic mass is 79.9. The van der Waals surface area contributed by atoms with Crippen molar-refractivity contribution in [2.45, 2.75) is 45.1 Å². The lowest BCUT2D eigenvalue weighted by Gasteiger charge is -2.32. The molecule has 1 aliphatic rings. The minimum atomic E-state index is 0.468. The summed E-state index contributed by atoms with van der Waals surface area (Å²) in [5.41, 5.74) is 1.37. The van der Waals surface area contributed by atoms with Crippen molar-refractivity contribution < 1.29 is 4.74 Å². The summed E-state index contributed by atoms with van der Waals surface area (Å²) < 4.78 is 6.18. The third-order valence-electron chi connectivity index (χ3n) is 4.54. The van der Waals surface area contributed by atoms with Crippen molar-refractivity contribution >= 4 is 15.9 Å². The van der Waals surface area contributed by atoms with Crippen LogP contribution in [0.15, 0.2) is 30.3 Å². The maximum atomic E-state index is 6.18. The van der Waals surface area contributed by atoms with Crippen LogP contribution in [0.1, 0.15) is 44.6 Å². The number of halogens is 1. The van der Waals surface area contributed by atoms with E-state index < -0.39 is 0 Å². The fourth-order valence-corrected chi connectivity index (χ4v) is 3.42. The predicted molar refractivity (Wildman–Crippen MR) is 84.9 cm³/mol. The molecule has 0 bridgehead atoms. The van der Waals surface area contributed by atoms with Crippen LogP contribution in [0, 0.1) is 11.8 Å². The number of alkyl halides is 1. The second kappa shape index (κ2) is 7.44. The van der Waals surface area contributed by atoms with Crippen LogP contribution in [-0.4, -0.2) is 18.0 Å². The van der Waals surface area contributed by atoms with Crippen molar-refractivity contribution in [2.75, 3.05) is 11.9 Å². The van der Waals surface area contributed by atoms with Crippen LogP contribution in [0.25, 0.3) is 0 Å². The molecule has 1 aromatic carbocycles. The lowest BCUT2D eigenvalue weighted by Crippen LogP contribution is -2.28. The standard InChI is InChI=1S/C17H25BrO/c1-13-8-9-17(10-14(13)2)19-12-16(11-18)15-6-4-3-5-7-15/h3-7,13-14,16-17H,8-12H2,1-2H3. The average molecular weight is 325 g/mol. The maximum Gasteiger partial charge on any atom is 0.0578 e. The fourth-order valence-electron chi connectivity index (χ4n) is 2.86. The van der Waals surface area contributed by atoms with Gasteiger partial charge >= 0.3 is 0 Å². The molecule has 0 aromatic heterocycles. The monoisotopic (exact) mass is 324 g/mol. The van der Waals surface area contributed by atoms with E-state index in [1.165, 1.54) is 24.8 Å². The molecule has 106 valence electrons. The topological polar surface area (TPSA) is 9.23 Å². The highest BCUT2D eigenvalue weighted by molar-refractivity contribution is 9.09. The molecule has 4 atom stereocenters. The fraction of sp³-hybridized carbons (Fsp3) is 0.647. The Bertz CT molecular complexity index is 365. The smallest absolute Gasteiger partial charge is 0.0578 e. The molecule has 0 spiro atoms. The van der Waals surface area contributed by atoms with Crippen molar-refractivity contribution in [3.8, 4) is 0 Å². The predicted octanol–water partition coefficient (Wildman–Crippen LogP) is 5.01. The lowest BCUT2D eigenvalue weighted by atomic mass is 9.80. The van der Waals surface area contributed by atoms with Crippen LogP contribution in [0.3, 0.4) is 0 Å². The van der Waals surface area contributed by atoms with E-state index in [-0.39, 0.29) is 0 Å². The van der Waals surface area contributed by atoms with Gasteiger partial charge in [-0.2, -0.15) is 0 Å². The van der Waals surface area contributed by atoms with E-state index in [2.05, 4.69) is 60.1 Å². The SMILES string of the molecule is CC1CCC(OCC(CBr)c2ccccc2)CC1C. The van der Waals surface area contributed by atoms with Crippen LogP contribution >= 0.6 is 15.9 Å². The first-order chi connectivity index (χ1) is 9.20. The van der Waals surface area contributed by atoms with Gasteiger partial charge in [0.1, 0.15) is 0 Å². The molecule has 1 saturated carbocycles. The zero-order valence-electron chi connectivity index (χ0n) is 12.0. The van der Waals surface area contributed by atoms with Crippen molar-refractivity contribution in [1.29, 1.82) is 0 Å². The van der Waals surface area contributed by atoms with Gasteiger partial charge in [0.05, 0.1) is 12.7 Å². The summed E-state index contributed by atoms with van der Waals surface area (Å²) in [4.78, 5) is 0. The first-order valence-electron chi connectivity index (χ1n) is 7.43. The number of hydrogen-bond donors (Lipinski definition) is 0. The molecular formula is C17H25BrO. The first-order valence-corrected chi connectivity index (χ1v) is 8.55. The summed E-state index contributed by atoms with van der Waals surface area (Å²) in [5.74, 6) is 2.13. The van der Waals surface area contributed by atoms with Crippen LogP contribution in [-0.2, 0) is 4.74 Å². The Kier molecular flexibility index (Phi) is 5.90. The average Bonchev–Trinajstić information content (AvgIpc) is 2.44. The van der Waals surface area contributed by atoms with E-state index in [0.717, 1.165) is 23.8 Å². The third kappa shape index (κ3) is 4.32. The van der Waals surface area contributed by atoms with E-state index in [1.807, 2.05) is 0 Å². The summed E-state index contributed by atoms with van der Waals surface area (Å²) in [5, 5.41) is 0.968. The normalized spacial score (nSPS) is 29.1. The Balaban J connectivity index is 1.84. The molecule has 0 N–H and O–H groups in total. The maximum absolute atomic E-state index is 6.18. The molecule has 1 fully saturated rings. The highest BCUT2D eigenvalue weighted by Gasteiger charge is 2.25. The van der Waals surface area contributed by atoms with Gasteiger partial charge in [-0.3, -0.25) is 0 Å². The quantitative estimate of drug-likeness (QED) is 0.692. The molecule has 0 amide bonds. The molecule has 4 unspecified atom stereocenters. The summed E-state index contributed by atoms with van der Waals surface area (Å²) in [6.07, 6.45) is 4.24. The number of ether oxygens (including phenoxy) is 1. The summed E-state index contributed by atoms with van der Waals surface area (Å²) in [6, 6.07) is 10.7. The highest BCUT2D eigenvalue weighted by Crippen LogP contribution is 2.31. The molecule has 19 heavy (non-hydrogen) atoms. The molecule has 2 heteroatoms. The second-order valence-electron chi connectivity index (χ2n) is 5.98. The van der Waals surface area contributed by atoms with Crippen molar-refractivity contribution in [3.63, 3.8) is 0 Å². The lowest BCUT2D eigenvalue weighted by molar-refractivity contribution is -0.00195. The molecule has 1 aliphatic carbocycles. The molecule has 1 nitrogen and oxygen atoms in total. The van der Waals surface area contributed by atoms with Gasteiger partial charge < -0.3 is 4.74 Å². The van der Waals surface area contributed by atoms with Gasteiger partial charge in [-0.1, -0.05) is 60.1 Å². The largest absolute Gasteiger partial charge is 0.378 e. The zero-order chi connectivity index (χ0) is 13.7. The summed E-state index contributed by atoms with van der Waals surface area (Å²) >= 11 is 3.62. The van der Waals surface area contributed by atoms with Crippen molar-refractivity contribution in [3.05, 3.63) is 35.9 Å². The van der Waals surface area contributed by atoms with Gasteiger partial charge in [0.15, 0.2) is 0 Å². The van der Waals surface area contributed by atoms with Gasteiger partial charge in [-0.05, 0) is 36.7 Å². The molecule has 0 heterocycles. The van der Waals surface area contributed by atoms with Gasteiger partial charge in [0.25, 0.3) is 0 Å². The van der Waals surface area contributed by atoms with E-state index in [0.29, 0.717) is 12.0 Å². The Hall–Kier alpha value is -0.340. The van der Waals surface area contributed by atoms with E-state index in [9.17, 15) is 0 Å². The first kappa shape index (κ1) is 15.1. The van der Waals surface area contributed by atoms with Gasteiger partial charge in [-0.15, -0.1) is 0 Å². The Morgan fingerprint density at radius 3 is 2.53 bits per heavy atom. The Morgan fingerprint density at radius 1 is 1.16 bits per heavy atom. The zero-order valence-corrected chi connectivity index (χ0v) is 13.6. The van der Waals surface area contributed by atoms with E-state index >= 15 is 0 Å². The van der Waals surface area contributed by atoms with E-state index in [1.54, 1.807) is 0 Å². The van der Waals surface area contributed by atoms with Crippen LogP contribution in [0.4, 0.5) is 0 Å². The molecule has 0 radical (unpaired) electrons. The minimum absolute atomic E-state index is 0.468. The third-order valence-corrected chi connectivity index (χ3v) is 5.32. The Morgan fingerprint density at radius 2 is 1.89 bits per heavy atom. The minimum Gasteiger partial charge on any atom is -0.378 e. The molecule has 1 aromatic rings. The van der Waals surface area contributed by atoms with Gasteiger partial charge in [0.2, 0.25) is 0 Å². The van der Waals surface area contributed by atoms with Gasteiger partial charge in [0, 0.05) is 11.2 Å². The van der Waals surface area contributed by atoms with Crippen LogP contribution in [0.5, 0.6) is 0 Å². The number of rotatable bonds is 5. The Labute approximate surface area is 125 Å². The van der Waals surface area contributed by atoms with Gasteiger partial charge in [-0.25, -0.2) is 0 Å². The number of benzene rings is 1. The van der Waals surface area contributed by atoms with Crippen LogP contribution in [0.2, 0.25) is 0 Å². The van der Waals surface area contributed by atoms with Crippen molar-refractivity contribution in [2.24, 2.45) is 11.8 Å². The number of hydrogen-bond acceptors (Lipinski definition) is 1. The second-order valence-corrected chi connectivity index (χ2v) is 6.63. The molecule has 0 saturated heterocycles. The van der Waals surface area contributed by atoms with Crippen molar-refractivity contribution in [1.82, 2.24) is 0 Å². The molecule has 2 rings (SSSR count). The summed E-state index contributed by atoms with van der Waals surface area (Å²) in [6.45, 7) is 5.56. The molecule has 0 aliphatic heterocycles. The molecular weight excluding hydrogens is 300 g/mol.